The number of hydrogen-bond acceptors (Lipinski definition) is 3. The summed E-state index contributed by atoms with van der Waals surface area (Å²) in [4.78, 5) is 0. The molecule has 2 N–H and O–H groups in total. The third kappa shape index (κ3) is 3.28. The molecule has 0 heterocycles. The smallest absolute Gasteiger partial charge is 0.504 e. The maximum absolute atomic E-state index is 8.82. The highest BCUT2D eigenvalue weighted by Gasteiger charge is 2.02. The molecular weight excluding hydrogens is 225 g/mol. The maximum atomic E-state index is 8.82. The van der Waals surface area contributed by atoms with Crippen molar-refractivity contribution in [2.75, 3.05) is 5.32 Å². The lowest BCUT2D eigenvalue weighted by Crippen LogP contribution is -2.06. The summed E-state index contributed by atoms with van der Waals surface area (Å²) in [5, 5.41) is 12.2. The van der Waals surface area contributed by atoms with Gasteiger partial charge in [0.05, 0.1) is 0 Å². The predicted molar refractivity (Wildman–Crippen MR) is 74.9 cm³/mol. The van der Waals surface area contributed by atoms with Gasteiger partial charge in [0, 0.05) is 17.8 Å². The quantitative estimate of drug-likeness (QED) is 0.789. The lowest BCUT2D eigenvalue weighted by atomic mass is 10.1. The minimum Gasteiger partial charge on any atom is -0.539 e. The van der Waals surface area contributed by atoms with Crippen molar-refractivity contribution in [3.63, 3.8) is 0 Å². The topological polar surface area (TPSA) is 41.5 Å². The molecule has 0 atom stereocenters. The van der Waals surface area contributed by atoms with Gasteiger partial charge in [0.15, 0.2) is 0 Å². The second kappa shape index (κ2) is 6.12. The molecule has 0 unspecified atom stereocenters. The molecule has 0 saturated carbocycles. The average molecular weight is 241 g/mol. The lowest BCUT2D eigenvalue weighted by molar-refractivity contribution is 0.451. The molecule has 0 radical (unpaired) electrons. The maximum Gasteiger partial charge on any atom is 0.504 e. The number of rotatable bonds is 5. The van der Waals surface area contributed by atoms with Crippen molar-refractivity contribution in [1.29, 1.82) is 0 Å². The Morgan fingerprint density at radius 3 is 2.78 bits per heavy atom. The zero-order valence-corrected chi connectivity index (χ0v) is 10.4. The van der Waals surface area contributed by atoms with Crippen LogP contribution in [0.3, 0.4) is 0 Å². The summed E-state index contributed by atoms with van der Waals surface area (Å²) >= 11 is 0. The minimum atomic E-state index is -0.304. The molecule has 0 fully saturated rings. The van der Waals surface area contributed by atoms with E-state index in [1.54, 1.807) is 0 Å². The highest BCUT2D eigenvalue weighted by atomic mass is 16.5. The standard InChI is InChI=1S/C14H16BNO2/c1-11-5-4-7-13(9-11)16-10-12-6-2-3-8-14(12)18-15-17/h2-9,15-17H,10H2,1H3. The fourth-order valence-corrected chi connectivity index (χ4v) is 1.81. The van der Waals surface area contributed by atoms with E-state index in [1.165, 1.54) is 5.56 Å². The zero-order valence-electron chi connectivity index (χ0n) is 10.4. The van der Waals surface area contributed by atoms with Gasteiger partial charge in [-0.15, -0.1) is 0 Å². The Kier molecular flexibility index (Phi) is 4.26. The summed E-state index contributed by atoms with van der Waals surface area (Å²) < 4.78 is 5.16. The minimum absolute atomic E-state index is 0.304. The van der Waals surface area contributed by atoms with Gasteiger partial charge in [-0.3, -0.25) is 0 Å². The molecule has 2 aromatic carbocycles. The third-order valence-corrected chi connectivity index (χ3v) is 2.69. The monoisotopic (exact) mass is 241 g/mol. The normalized spacial score (nSPS) is 9.89. The Morgan fingerprint density at radius 1 is 1.17 bits per heavy atom. The molecule has 0 saturated heterocycles. The van der Waals surface area contributed by atoms with Gasteiger partial charge in [-0.2, -0.15) is 0 Å². The van der Waals surface area contributed by atoms with Crippen LogP contribution in [0.25, 0.3) is 0 Å². The molecule has 2 rings (SSSR count). The van der Waals surface area contributed by atoms with Crippen LogP contribution in [0.1, 0.15) is 11.1 Å². The van der Waals surface area contributed by atoms with Gasteiger partial charge in [-0.25, -0.2) is 0 Å². The Bertz CT molecular complexity index is 517. The van der Waals surface area contributed by atoms with E-state index in [0.29, 0.717) is 12.3 Å². The van der Waals surface area contributed by atoms with Gasteiger partial charge in [-0.1, -0.05) is 30.3 Å². The molecule has 0 amide bonds. The van der Waals surface area contributed by atoms with Gasteiger partial charge in [0.1, 0.15) is 5.75 Å². The molecular formula is C14H16BNO2. The summed E-state index contributed by atoms with van der Waals surface area (Å²) in [6.45, 7) is 2.73. The summed E-state index contributed by atoms with van der Waals surface area (Å²) in [7, 11) is -0.304. The molecule has 2 aromatic rings. The largest absolute Gasteiger partial charge is 0.539 e. The van der Waals surface area contributed by atoms with Crippen LogP contribution in [0.4, 0.5) is 5.69 Å². The summed E-state index contributed by atoms with van der Waals surface area (Å²) in [6, 6.07) is 15.9. The van der Waals surface area contributed by atoms with Crippen molar-refractivity contribution in [1.82, 2.24) is 0 Å². The van der Waals surface area contributed by atoms with Crippen LogP contribution in [0, 0.1) is 6.92 Å². The SMILES string of the molecule is Cc1cccc(NCc2ccccc2OBO)c1. The number of nitrogens with one attached hydrogen (secondary N) is 1. The average Bonchev–Trinajstić information content (AvgIpc) is 2.38. The van der Waals surface area contributed by atoms with E-state index in [0.717, 1.165) is 11.3 Å². The molecule has 18 heavy (non-hydrogen) atoms. The van der Waals surface area contributed by atoms with E-state index < -0.39 is 0 Å². The molecule has 0 bridgehead atoms. The van der Waals surface area contributed by atoms with Gasteiger partial charge >= 0.3 is 7.69 Å². The highest BCUT2D eigenvalue weighted by molar-refractivity contribution is 6.17. The van der Waals surface area contributed by atoms with Crippen LogP contribution < -0.4 is 9.97 Å². The fourth-order valence-electron chi connectivity index (χ4n) is 1.81. The van der Waals surface area contributed by atoms with Crippen molar-refractivity contribution < 1.29 is 9.68 Å². The van der Waals surface area contributed by atoms with E-state index in [9.17, 15) is 0 Å². The number of hydrogen-bond donors (Lipinski definition) is 2. The highest BCUT2D eigenvalue weighted by Crippen LogP contribution is 2.19. The first-order valence-corrected chi connectivity index (χ1v) is 5.91. The molecule has 0 spiro atoms. The molecule has 92 valence electrons. The van der Waals surface area contributed by atoms with Crippen LogP contribution in [0.15, 0.2) is 48.5 Å². The van der Waals surface area contributed by atoms with Crippen molar-refractivity contribution >= 4 is 13.4 Å². The predicted octanol–water partition coefficient (Wildman–Crippen LogP) is 2.24. The Labute approximate surface area is 108 Å². The van der Waals surface area contributed by atoms with Crippen molar-refractivity contribution in [2.24, 2.45) is 0 Å². The van der Waals surface area contributed by atoms with Crippen molar-refractivity contribution in [3.8, 4) is 5.75 Å². The van der Waals surface area contributed by atoms with Gasteiger partial charge in [-0.05, 0) is 30.7 Å². The van der Waals surface area contributed by atoms with E-state index in [-0.39, 0.29) is 7.69 Å². The van der Waals surface area contributed by atoms with E-state index in [2.05, 4.69) is 24.4 Å². The first kappa shape index (κ1) is 12.5. The molecule has 3 nitrogen and oxygen atoms in total. The third-order valence-electron chi connectivity index (χ3n) is 2.69. The summed E-state index contributed by atoms with van der Waals surface area (Å²) in [5.41, 5.74) is 3.32. The molecule has 0 aliphatic heterocycles. The summed E-state index contributed by atoms with van der Waals surface area (Å²) in [6.07, 6.45) is 0. The van der Waals surface area contributed by atoms with E-state index in [4.69, 9.17) is 9.68 Å². The number of aryl methyl sites for hydroxylation is 1. The number of benzene rings is 2. The molecule has 4 heteroatoms. The fraction of sp³-hybridized carbons (Fsp3) is 0.143. The first-order chi connectivity index (χ1) is 8.79. The number of anilines is 1. The Morgan fingerprint density at radius 2 is 2.00 bits per heavy atom. The van der Waals surface area contributed by atoms with E-state index in [1.807, 2.05) is 36.4 Å². The Hall–Kier alpha value is -1.94. The van der Waals surface area contributed by atoms with Crippen LogP contribution in [0.2, 0.25) is 0 Å². The zero-order chi connectivity index (χ0) is 12.8. The second-order valence-electron chi connectivity index (χ2n) is 4.10. The summed E-state index contributed by atoms with van der Waals surface area (Å²) in [5.74, 6) is 0.708. The van der Waals surface area contributed by atoms with Crippen molar-refractivity contribution in [3.05, 3.63) is 59.7 Å². The molecule has 0 aliphatic rings. The van der Waals surface area contributed by atoms with Gasteiger partial charge < -0.3 is 15.0 Å². The van der Waals surface area contributed by atoms with E-state index >= 15 is 0 Å². The Balaban J connectivity index is 2.06. The van der Waals surface area contributed by atoms with Crippen molar-refractivity contribution in [2.45, 2.75) is 13.5 Å². The van der Waals surface area contributed by atoms with Gasteiger partial charge in [0.2, 0.25) is 0 Å². The number of para-hydroxylation sites is 1. The van der Waals surface area contributed by atoms with Crippen LogP contribution >= 0.6 is 0 Å². The van der Waals surface area contributed by atoms with Gasteiger partial charge in [0.25, 0.3) is 0 Å². The van der Waals surface area contributed by atoms with Crippen LogP contribution in [-0.2, 0) is 6.54 Å². The van der Waals surface area contributed by atoms with Crippen LogP contribution in [-0.4, -0.2) is 12.7 Å². The second-order valence-corrected chi connectivity index (χ2v) is 4.10. The molecule has 0 aromatic heterocycles. The molecule has 0 aliphatic carbocycles. The lowest BCUT2D eigenvalue weighted by Gasteiger charge is -2.11. The first-order valence-electron chi connectivity index (χ1n) is 5.91. The van der Waals surface area contributed by atoms with Crippen LogP contribution in [0.5, 0.6) is 5.75 Å².